The lowest BCUT2D eigenvalue weighted by molar-refractivity contribution is -0.138. The molecular weight excluding hydrogens is 320 g/mol. The summed E-state index contributed by atoms with van der Waals surface area (Å²) in [5, 5.41) is 10.8. The van der Waals surface area contributed by atoms with Crippen LogP contribution in [0.4, 0.5) is 0 Å². The van der Waals surface area contributed by atoms with Gasteiger partial charge in [0.1, 0.15) is 0 Å². The van der Waals surface area contributed by atoms with Crippen molar-refractivity contribution in [2.45, 2.75) is 37.9 Å². The molecule has 1 aromatic heterocycles. The number of hydrogen-bond acceptors (Lipinski definition) is 3. The lowest BCUT2D eigenvalue weighted by Crippen LogP contribution is -2.14. The Morgan fingerprint density at radius 2 is 2.18 bits per heavy atom. The SMILES string of the molecule is CCCSc1ncc(C(C)C(=O)O)n1Cc1ccccc1Cl. The molecule has 2 rings (SSSR count). The number of carboxylic acids is 1. The van der Waals surface area contributed by atoms with E-state index in [0.29, 0.717) is 17.3 Å². The second kappa shape index (κ2) is 7.70. The van der Waals surface area contributed by atoms with Crippen LogP contribution in [0.5, 0.6) is 0 Å². The Balaban J connectivity index is 2.38. The fourth-order valence-corrected chi connectivity index (χ4v) is 3.14. The summed E-state index contributed by atoms with van der Waals surface area (Å²) in [5.74, 6) is -0.515. The Kier molecular flexibility index (Phi) is 5.91. The zero-order chi connectivity index (χ0) is 16.1. The molecule has 1 heterocycles. The van der Waals surface area contributed by atoms with Crippen molar-refractivity contribution in [2.24, 2.45) is 0 Å². The first kappa shape index (κ1) is 16.9. The van der Waals surface area contributed by atoms with Crippen LogP contribution in [-0.4, -0.2) is 26.4 Å². The number of carboxylic acid groups (broad SMARTS) is 1. The van der Waals surface area contributed by atoms with E-state index < -0.39 is 11.9 Å². The van der Waals surface area contributed by atoms with Crippen molar-refractivity contribution >= 4 is 29.3 Å². The molecule has 0 aliphatic rings. The summed E-state index contributed by atoms with van der Waals surface area (Å²) < 4.78 is 1.96. The van der Waals surface area contributed by atoms with Crippen LogP contribution in [0.25, 0.3) is 0 Å². The monoisotopic (exact) mass is 338 g/mol. The Morgan fingerprint density at radius 3 is 2.82 bits per heavy atom. The van der Waals surface area contributed by atoms with Gasteiger partial charge in [-0.05, 0) is 25.0 Å². The molecule has 1 atom stereocenters. The number of rotatable bonds is 7. The van der Waals surface area contributed by atoms with Crippen LogP contribution < -0.4 is 0 Å². The van der Waals surface area contributed by atoms with E-state index in [1.54, 1.807) is 24.9 Å². The first-order valence-corrected chi connectivity index (χ1v) is 8.55. The van der Waals surface area contributed by atoms with Crippen LogP contribution in [0.3, 0.4) is 0 Å². The molecule has 4 nitrogen and oxygen atoms in total. The smallest absolute Gasteiger partial charge is 0.312 e. The van der Waals surface area contributed by atoms with Crippen molar-refractivity contribution in [3.8, 4) is 0 Å². The minimum atomic E-state index is -0.854. The lowest BCUT2D eigenvalue weighted by atomic mass is 10.1. The van der Waals surface area contributed by atoms with Gasteiger partial charge in [-0.15, -0.1) is 0 Å². The topological polar surface area (TPSA) is 55.1 Å². The molecule has 0 bridgehead atoms. The van der Waals surface area contributed by atoms with Gasteiger partial charge in [0, 0.05) is 10.8 Å². The molecule has 0 radical (unpaired) electrons. The van der Waals surface area contributed by atoms with Gasteiger partial charge < -0.3 is 9.67 Å². The summed E-state index contributed by atoms with van der Waals surface area (Å²) in [6, 6.07) is 7.60. The number of halogens is 1. The molecular formula is C16H19ClN2O2S. The summed E-state index contributed by atoms with van der Waals surface area (Å²) in [5.41, 5.74) is 1.66. The molecule has 22 heavy (non-hydrogen) atoms. The fourth-order valence-electron chi connectivity index (χ4n) is 2.11. The molecule has 6 heteroatoms. The number of imidazole rings is 1. The Hall–Kier alpha value is -1.46. The van der Waals surface area contributed by atoms with Crippen LogP contribution in [0.1, 0.15) is 37.4 Å². The third kappa shape index (κ3) is 3.84. The molecule has 1 unspecified atom stereocenters. The average Bonchev–Trinajstić information content (AvgIpc) is 2.89. The molecule has 118 valence electrons. The van der Waals surface area contributed by atoms with E-state index in [1.165, 1.54) is 0 Å². The van der Waals surface area contributed by atoms with E-state index in [2.05, 4.69) is 11.9 Å². The maximum atomic E-state index is 11.3. The number of aromatic nitrogens is 2. The zero-order valence-corrected chi connectivity index (χ0v) is 14.2. The molecule has 0 aliphatic carbocycles. The quantitative estimate of drug-likeness (QED) is 0.766. The normalized spacial score (nSPS) is 12.3. The molecule has 0 saturated carbocycles. The predicted octanol–water partition coefficient (Wildman–Crippen LogP) is 4.28. The van der Waals surface area contributed by atoms with Gasteiger partial charge in [-0.3, -0.25) is 4.79 Å². The van der Waals surface area contributed by atoms with Crippen LogP contribution in [-0.2, 0) is 11.3 Å². The predicted molar refractivity (Wildman–Crippen MR) is 89.8 cm³/mol. The zero-order valence-electron chi connectivity index (χ0n) is 12.6. The third-order valence-electron chi connectivity index (χ3n) is 3.39. The minimum Gasteiger partial charge on any atom is -0.481 e. The maximum Gasteiger partial charge on any atom is 0.312 e. The van der Waals surface area contributed by atoms with Crippen molar-refractivity contribution < 1.29 is 9.90 Å². The molecule has 2 aromatic rings. The number of benzene rings is 1. The van der Waals surface area contributed by atoms with Crippen molar-refractivity contribution in [1.29, 1.82) is 0 Å². The van der Waals surface area contributed by atoms with Gasteiger partial charge in [0.25, 0.3) is 0 Å². The van der Waals surface area contributed by atoms with Gasteiger partial charge in [-0.2, -0.15) is 0 Å². The highest BCUT2D eigenvalue weighted by Crippen LogP contribution is 2.27. The summed E-state index contributed by atoms with van der Waals surface area (Å²) in [7, 11) is 0. The van der Waals surface area contributed by atoms with Crippen molar-refractivity contribution in [3.05, 3.63) is 46.7 Å². The average molecular weight is 339 g/mol. The Labute approximate surface area is 139 Å². The second-order valence-corrected chi connectivity index (χ2v) is 6.52. The van der Waals surface area contributed by atoms with Crippen LogP contribution >= 0.6 is 23.4 Å². The van der Waals surface area contributed by atoms with Gasteiger partial charge in [0.2, 0.25) is 0 Å². The van der Waals surface area contributed by atoms with E-state index in [-0.39, 0.29) is 0 Å². The minimum absolute atomic E-state index is 0.526. The van der Waals surface area contributed by atoms with Crippen molar-refractivity contribution in [3.63, 3.8) is 0 Å². The summed E-state index contributed by atoms with van der Waals surface area (Å²) in [6.45, 7) is 4.31. The number of carbonyl (C=O) groups is 1. The van der Waals surface area contributed by atoms with E-state index in [4.69, 9.17) is 11.6 Å². The Bertz CT molecular complexity index is 657. The van der Waals surface area contributed by atoms with Gasteiger partial charge in [-0.1, -0.05) is 48.5 Å². The van der Waals surface area contributed by atoms with E-state index in [9.17, 15) is 9.90 Å². The highest BCUT2D eigenvalue weighted by Gasteiger charge is 2.21. The molecule has 0 amide bonds. The van der Waals surface area contributed by atoms with Crippen molar-refractivity contribution in [1.82, 2.24) is 9.55 Å². The largest absolute Gasteiger partial charge is 0.481 e. The molecule has 0 saturated heterocycles. The molecule has 1 aromatic carbocycles. The van der Waals surface area contributed by atoms with Crippen LogP contribution in [0.2, 0.25) is 5.02 Å². The number of hydrogen-bond donors (Lipinski definition) is 1. The summed E-state index contributed by atoms with van der Waals surface area (Å²) in [4.78, 5) is 15.7. The first-order valence-electron chi connectivity index (χ1n) is 7.19. The van der Waals surface area contributed by atoms with Gasteiger partial charge >= 0.3 is 5.97 Å². The first-order chi connectivity index (χ1) is 10.5. The molecule has 0 aliphatic heterocycles. The number of nitrogens with zero attached hydrogens (tertiary/aromatic N) is 2. The van der Waals surface area contributed by atoms with Gasteiger partial charge in [0.15, 0.2) is 5.16 Å². The molecule has 0 fully saturated rings. The van der Waals surface area contributed by atoms with Gasteiger partial charge in [-0.25, -0.2) is 4.98 Å². The Morgan fingerprint density at radius 1 is 1.45 bits per heavy atom. The lowest BCUT2D eigenvalue weighted by Gasteiger charge is -2.15. The summed E-state index contributed by atoms with van der Waals surface area (Å²) >= 11 is 7.87. The number of thioether (sulfide) groups is 1. The molecule has 0 spiro atoms. The second-order valence-electron chi connectivity index (χ2n) is 5.05. The van der Waals surface area contributed by atoms with E-state index in [0.717, 1.165) is 22.9 Å². The molecule has 1 N–H and O–H groups in total. The van der Waals surface area contributed by atoms with Crippen LogP contribution in [0.15, 0.2) is 35.6 Å². The van der Waals surface area contributed by atoms with Crippen molar-refractivity contribution in [2.75, 3.05) is 5.75 Å². The third-order valence-corrected chi connectivity index (χ3v) is 4.95. The summed E-state index contributed by atoms with van der Waals surface area (Å²) in [6.07, 6.45) is 2.70. The number of aliphatic carboxylic acids is 1. The maximum absolute atomic E-state index is 11.3. The van der Waals surface area contributed by atoms with E-state index in [1.807, 2.05) is 28.8 Å². The fraction of sp³-hybridized carbons (Fsp3) is 0.375. The standard InChI is InChI=1S/C16H19ClN2O2S/c1-3-8-22-16-18-9-14(11(2)15(20)21)19(16)10-12-6-4-5-7-13(12)17/h4-7,9,11H,3,8,10H2,1-2H3,(H,20,21). The van der Waals surface area contributed by atoms with Crippen LogP contribution in [0, 0.1) is 0 Å². The highest BCUT2D eigenvalue weighted by molar-refractivity contribution is 7.99. The highest BCUT2D eigenvalue weighted by atomic mass is 35.5. The van der Waals surface area contributed by atoms with Gasteiger partial charge in [0.05, 0.1) is 24.4 Å². The van der Waals surface area contributed by atoms with E-state index >= 15 is 0 Å².